The Hall–Kier alpha value is -2.72. The molecule has 1 aromatic carbocycles. The lowest BCUT2D eigenvalue weighted by Crippen LogP contribution is -2.44. The number of carbonyl (C=O) groups is 1. The van der Waals surface area contributed by atoms with Crippen molar-refractivity contribution in [1.29, 1.82) is 0 Å². The second-order valence-electron chi connectivity index (χ2n) is 6.20. The minimum atomic E-state index is -4.76. The number of pyridine rings is 2. The van der Waals surface area contributed by atoms with Crippen LogP contribution in [-0.2, 0) is 0 Å². The Bertz CT molecular complexity index is 1200. The smallest absolute Gasteiger partial charge is 0.340 e. The Kier molecular flexibility index (Phi) is 5.74. The van der Waals surface area contributed by atoms with Crippen LogP contribution in [-0.4, -0.2) is 27.7 Å². The van der Waals surface area contributed by atoms with Gasteiger partial charge >= 0.3 is 6.18 Å². The number of nitrogens with zero attached hydrogens (tertiary/aromatic N) is 2. The molecule has 5 nitrogen and oxygen atoms in total. The highest BCUT2D eigenvalue weighted by Gasteiger charge is 2.37. The number of nitrogens with one attached hydrogen (secondary N) is 1. The summed E-state index contributed by atoms with van der Waals surface area (Å²) >= 11 is 11.8. The highest BCUT2D eigenvalue weighted by atomic mass is 35.5. The highest BCUT2D eigenvalue weighted by Crippen LogP contribution is 2.28. The zero-order valence-electron chi connectivity index (χ0n) is 14.8. The van der Waals surface area contributed by atoms with Gasteiger partial charge in [-0.2, -0.15) is 13.2 Å². The standard InChI is InChI=1S/C18H10Cl2F5N3O2/c1-7(18(23,24)25)26-17(30)10-6-28(14-11(19)4-8(21)5-12(14)22)16-9(15(10)29)2-3-13(20)27-16/h2-7H,1H3,(H,26,30)/t7-/m0/s1. The Morgan fingerprint density at radius 2 is 1.87 bits per heavy atom. The van der Waals surface area contributed by atoms with Gasteiger partial charge in [0.1, 0.15) is 33.9 Å². The van der Waals surface area contributed by atoms with Crippen LogP contribution in [0, 0.1) is 11.6 Å². The van der Waals surface area contributed by atoms with Gasteiger partial charge in [-0.3, -0.25) is 14.2 Å². The van der Waals surface area contributed by atoms with Crippen molar-refractivity contribution in [3.63, 3.8) is 0 Å². The van der Waals surface area contributed by atoms with E-state index in [9.17, 15) is 31.5 Å². The quantitative estimate of drug-likeness (QED) is 0.452. The third kappa shape index (κ3) is 4.10. The molecule has 158 valence electrons. The molecule has 1 atom stereocenters. The summed E-state index contributed by atoms with van der Waals surface area (Å²) in [4.78, 5) is 29.0. The van der Waals surface area contributed by atoms with Crippen LogP contribution in [0.1, 0.15) is 17.3 Å². The van der Waals surface area contributed by atoms with E-state index in [0.717, 1.165) is 16.8 Å². The number of rotatable bonds is 3. The fourth-order valence-electron chi connectivity index (χ4n) is 2.63. The minimum absolute atomic E-state index is 0.0998. The molecule has 3 rings (SSSR count). The van der Waals surface area contributed by atoms with Gasteiger partial charge in [0.05, 0.1) is 10.4 Å². The van der Waals surface area contributed by atoms with Crippen LogP contribution in [0.4, 0.5) is 22.0 Å². The molecule has 1 N–H and O–H groups in total. The zero-order chi connectivity index (χ0) is 22.4. The number of alkyl halides is 3. The monoisotopic (exact) mass is 465 g/mol. The number of halogens is 7. The number of fused-ring (bicyclic) bond motifs is 1. The van der Waals surface area contributed by atoms with E-state index in [0.29, 0.717) is 13.0 Å². The number of hydrogen-bond donors (Lipinski definition) is 1. The predicted molar refractivity (Wildman–Crippen MR) is 100 cm³/mol. The maximum absolute atomic E-state index is 14.5. The summed E-state index contributed by atoms with van der Waals surface area (Å²) < 4.78 is 67.1. The molecule has 0 spiro atoms. The first-order valence-electron chi connectivity index (χ1n) is 8.14. The van der Waals surface area contributed by atoms with Crippen LogP contribution in [0.3, 0.4) is 0 Å². The molecule has 3 aromatic rings. The maximum Gasteiger partial charge on any atom is 0.408 e. The molecule has 1 amide bonds. The molecular weight excluding hydrogens is 456 g/mol. The van der Waals surface area contributed by atoms with Crippen molar-refractivity contribution in [2.24, 2.45) is 0 Å². The second-order valence-corrected chi connectivity index (χ2v) is 7.00. The summed E-state index contributed by atoms with van der Waals surface area (Å²) in [5.41, 5.74) is -2.41. The number of amides is 1. The van der Waals surface area contributed by atoms with Crippen LogP contribution in [0.2, 0.25) is 10.2 Å². The Labute approximate surface area is 175 Å². The molecule has 30 heavy (non-hydrogen) atoms. The van der Waals surface area contributed by atoms with Gasteiger partial charge in [-0.15, -0.1) is 0 Å². The van der Waals surface area contributed by atoms with E-state index < -0.39 is 51.5 Å². The summed E-state index contributed by atoms with van der Waals surface area (Å²) in [7, 11) is 0. The highest BCUT2D eigenvalue weighted by molar-refractivity contribution is 6.32. The third-order valence-electron chi connectivity index (χ3n) is 4.12. The van der Waals surface area contributed by atoms with Crippen molar-refractivity contribution < 1.29 is 26.7 Å². The van der Waals surface area contributed by atoms with Crippen LogP contribution in [0.5, 0.6) is 0 Å². The summed E-state index contributed by atoms with van der Waals surface area (Å²) in [6.45, 7) is 0.690. The molecule has 0 aliphatic heterocycles. The summed E-state index contributed by atoms with van der Waals surface area (Å²) in [6.07, 6.45) is -3.98. The summed E-state index contributed by atoms with van der Waals surface area (Å²) in [6, 6.07) is 1.39. The van der Waals surface area contributed by atoms with E-state index in [1.54, 1.807) is 5.32 Å². The molecule has 0 saturated heterocycles. The van der Waals surface area contributed by atoms with E-state index >= 15 is 0 Å². The van der Waals surface area contributed by atoms with E-state index in [4.69, 9.17) is 23.2 Å². The average molecular weight is 466 g/mol. The van der Waals surface area contributed by atoms with Crippen molar-refractivity contribution in [3.05, 3.63) is 68.1 Å². The molecule has 0 radical (unpaired) electrons. The van der Waals surface area contributed by atoms with Gasteiger partial charge in [-0.05, 0) is 25.1 Å². The Balaban J connectivity index is 2.30. The summed E-state index contributed by atoms with van der Waals surface area (Å²) in [5, 5.41) is 0.880. The van der Waals surface area contributed by atoms with Gasteiger partial charge < -0.3 is 5.32 Å². The number of hydrogen-bond acceptors (Lipinski definition) is 3. The molecule has 0 saturated carbocycles. The van der Waals surface area contributed by atoms with Crippen molar-refractivity contribution in [2.75, 3.05) is 0 Å². The summed E-state index contributed by atoms with van der Waals surface area (Å²) in [5.74, 6) is -3.51. The van der Waals surface area contributed by atoms with Crippen LogP contribution in [0.15, 0.2) is 35.3 Å². The van der Waals surface area contributed by atoms with Crippen LogP contribution >= 0.6 is 23.2 Å². The van der Waals surface area contributed by atoms with E-state index in [1.807, 2.05) is 0 Å². The normalized spacial score (nSPS) is 12.8. The van der Waals surface area contributed by atoms with Crippen molar-refractivity contribution in [1.82, 2.24) is 14.9 Å². The van der Waals surface area contributed by atoms with Gasteiger partial charge in [-0.25, -0.2) is 13.8 Å². The fourth-order valence-corrected chi connectivity index (χ4v) is 3.06. The first-order valence-corrected chi connectivity index (χ1v) is 8.90. The lowest BCUT2D eigenvalue weighted by atomic mass is 10.1. The number of benzene rings is 1. The lowest BCUT2D eigenvalue weighted by Gasteiger charge is -2.18. The average Bonchev–Trinajstić information content (AvgIpc) is 2.61. The van der Waals surface area contributed by atoms with Crippen molar-refractivity contribution >= 4 is 40.1 Å². The second kappa shape index (κ2) is 7.84. The van der Waals surface area contributed by atoms with E-state index in [2.05, 4.69) is 4.98 Å². The predicted octanol–water partition coefficient (Wildman–Crippen LogP) is 4.65. The van der Waals surface area contributed by atoms with Crippen LogP contribution < -0.4 is 10.7 Å². The molecule has 0 bridgehead atoms. The molecule has 0 aliphatic carbocycles. The van der Waals surface area contributed by atoms with Gasteiger partial charge in [0, 0.05) is 12.3 Å². The molecule has 0 fully saturated rings. The molecule has 12 heteroatoms. The molecule has 0 unspecified atom stereocenters. The van der Waals surface area contributed by atoms with Gasteiger partial charge in [-0.1, -0.05) is 23.2 Å². The van der Waals surface area contributed by atoms with Crippen molar-refractivity contribution in [2.45, 2.75) is 19.1 Å². The van der Waals surface area contributed by atoms with Crippen LogP contribution in [0.25, 0.3) is 16.7 Å². The maximum atomic E-state index is 14.5. The molecule has 2 aromatic heterocycles. The first kappa shape index (κ1) is 22.0. The zero-order valence-corrected chi connectivity index (χ0v) is 16.3. The molecule has 2 heterocycles. The fraction of sp³-hybridized carbons (Fsp3) is 0.167. The Morgan fingerprint density at radius 3 is 2.47 bits per heavy atom. The van der Waals surface area contributed by atoms with Gasteiger partial charge in [0.15, 0.2) is 5.82 Å². The lowest BCUT2D eigenvalue weighted by molar-refractivity contribution is -0.149. The topological polar surface area (TPSA) is 64.0 Å². The largest absolute Gasteiger partial charge is 0.408 e. The van der Waals surface area contributed by atoms with Gasteiger partial charge in [0.2, 0.25) is 5.43 Å². The van der Waals surface area contributed by atoms with E-state index in [-0.39, 0.29) is 16.2 Å². The SMILES string of the molecule is C[C@H](NC(=O)c1cn(-c2c(F)cc(F)cc2Cl)c2nc(Cl)ccc2c1=O)C(F)(F)F. The van der Waals surface area contributed by atoms with E-state index in [1.165, 1.54) is 12.1 Å². The number of carbonyl (C=O) groups excluding carboxylic acids is 1. The Morgan fingerprint density at radius 1 is 1.20 bits per heavy atom. The molecular formula is C18H10Cl2F5N3O2. The van der Waals surface area contributed by atoms with Crippen molar-refractivity contribution in [3.8, 4) is 5.69 Å². The van der Waals surface area contributed by atoms with Gasteiger partial charge in [0.25, 0.3) is 5.91 Å². The number of aromatic nitrogens is 2. The first-order chi connectivity index (χ1) is 13.9. The molecule has 0 aliphatic rings. The minimum Gasteiger partial charge on any atom is -0.340 e. The third-order valence-corrected chi connectivity index (χ3v) is 4.62.